The molecular formula is C19H22F2N2O2. The summed E-state index contributed by atoms with van der Waals surface area (Å²) in [5.41, 5.74) is 0.610. The van der Waals surface area contributed by atoms with Crippen molar-refractivity contribution in [2.24, 2.45) is 0 Å². The molecule has 4 nitrogen and oxygen atoms in total. The van der Waals surface area contributed by atoms with Crippen LogP contribution in [0.3, 0.4) is 0 Å². The van der Waals surface area contributed by atoms with Gasteiger partial charge in [0.25, 0.3) is 0 Å². The van der Waals surface area contributed by atoms with E-state index >= 15 is 0 Å². The van der Waals surface area contributed by atoms with Crippen LogP contribution in [-0.4, -0.2) is 35.6 Å². The number of halogens is 2. The fourth-order valence-corrected chi connectivity index (χ4v) is 2.48. The number of hydrogen-bond acceptors (Lipinski definition) is 3. The summed E-state index contributed by atoms with van der Waals surface area (Å²) in [5.74, 6) is -1.20. The molecule has 6 heteroatoms. The summed E-state index contributed by atoms with van der Waals surface area (Å²) < 4.78 is 27.5. The van der Waals surface area contributed by atoms with Crippen molar-refractivity contribution in [3.8, 4) is 0 Å². The minimum Gasteiger partial charge on any atom is -0.396 e. The van der Waals surface area contributed by atoms with Crippen LogP contribution in [0.5, 0.6) is 0 Å². The fourth-order valence-electron chi connectivity index (χ4n) is 2.48. The van der Waals surface area contributed by atoms with Gasteiger partial charge in [-0.05, 0) is 37.6 Å². The topological polar surface area (TPSA) is 52.6 Å². The Labute approximate surface area is 146 Å². The van der Waals surface area contributed by atoms with E-state index in [0.29, 0.717) is 24.9 Å². The molecule has 0 radical (unpaired) electrons. The van der Waals surface area contributed by atoms with Gasteiger partial charge in [-0.15, -0.1) is 0 Å². The quantitative estimate of drug-likeness (QED) is 0.685. The Morgan fingerprint density at radius 3 is 2.36 bits per heavy atom. The van der Waals surface area contributed by atoms with Crippen molar-refractivity contribution in [2.45, 2.75) is 19.4 Å². The van der Waals surface area contributed by atoms with E-state index in [1.807, 2.05) is 0 Å². The van der Waals surface area contributed by atoms with Gasteiger partial charge in [0.1, 0.15) is 11.6 Å². The smallest absolute Gasteiger partial charge is 0.238 e. The van der Waals surface area contributed by atoms with Crippen LogP contribution in [0.1, 0.15) is 18.4 Å². The van der Waals surface area contributed by atoms with Crippen molar-refractivity contribution >= 4 is 11.6 Å². The highest BCUT2D eigenvalue weighted by Crippen LogP contribution is 2.14. The number of aliphatic hydroxyl groups is 1. The number of unbranched alkanes of at least 4 members (excludes halogenated alkanes) is 1. The number of amides is 1. The fraction of sp³-hybridized carbons (Fsp3) is 0.316. The van der Waals surface area contributed by atoms with Crippen molar-refractivity contribution in [1.29, 1.82) is 0 Å². The standard InChI is InChI=1S/C19H22F2N2O2/c20-16-8-2-1-7-15(16)13-23(11-5-6-12-24)14-19(25)22-18-10-4-3-9-17(18)21/h1-4,7-10,24H,5-6,11-14H2,(H,22,25). The van der Waals surface area contributed by atoms with Crippen LogP contribution in [0, 0.1) is 11.6 Å². The van der Waals surface area contributed by atoms with Crippen LogP contribution >= 0.6 is 0 Å². The third-order valence-corrected chi connectivity index (χ3v) is 3.75. The zero-order valence-corrected chi connectivity index (χ0v) is 13.9. The third kappa shape index (κ3) is 6.25. The molecule has 0 saturated carbocycles. The van der Waals surface area contributed by atoms with E-state index in [2.05, 4.69) is 5.32 Å². The van der Waals surface area contributed by atoms with Crippen LogP contribution in [-0.2, 0) is 11.3 Å². The Balaban J connectivity index is 2.00. The number of para-hydroxylation sites is 1. The maximum absolute atomic E-state index is 13.9. The molecule has 0 aliphatic carbocycles. The first kappa shape index (κ1) is 19.0. The largest absolute Gasteiger partial charge is 0.396 e. The van der Waals surface area contributed by atoms with E-state index in [1.54, 1.807) is 35.2 Å². The summed E-state index contributed by atoms with van der Waals surface area (Å²) in [5, 5.41) is 11.5. The van der Waals surface area contributed by atoms with Crippen LogP contribution < -0.4 is 5.32 Å². The minimum absolute atomic E-state index is 0.00803. The molecule has 0 spiro atoms. The van der Waals surface area contributed by atoms with Crippen molar-refractivity contribution in [3.63, 3.8) is 0 Å². The molecular weight excluding hydrogens is 326 g/mol. The van der Waals surface area contributed by atoms with E-state index in [0.717, 1.165) is 0 Å². The van der Waals surface area contributed by atoms with E-state index in [1.165, 1.54) is 18.2 Å². The molecule has 0 heterocycles. The predicted molar refractivity (Wildman–Crippen MR) is 93.0 cm³/mol. The molecule has 25 heavy (non-hydrogen) atoms. The van der Waals surface area contributed by atoms with Gasteiger partial charge in [-0.3, -0.25) is 9.69 Å². The molecule has 0 saturated heterocycles. The Kier molecular flexibility index (Phi) is 7.50. The molecule has 0 aliphatic heterocycles. The van der Waals surface area contributed by atoms with E-state index < -0.39 is 5.82 Å². The maximum Gasteiger partial charge on any atom is 0.238 e. The Hall–Kier alpha value is -2.31. The van der Waals surface area contributed by atoms with Crippen molar-refractivity contribution in [2.75, 3.05) is 25.0 Å². The average molecular weight is 348 g/mol. The number of rotatable bonds is 9. The van der Waals surface area contributed by atoms with Crippen LogP contribution in [0.25, 0.3) is 0 Å². The van der Waals surface area contributed by atoms with Crippen LogP contribution in [0.2, 0.25) is 0 Å². The molecule has 0 fully saturated rings. The number of nitrogens with zero attached hydrogens (tertiary/aromatic N) is 1. The highest BCUT2D eigenvalue weighted by molar-refractivity contribution is 5.92. The van der Waals surface area contributed by atoms with Crippen LogP contribution in [0.15, 0.2) is 48.5 Å². The van der Waals surface area contributed by atoms with Gasteiger partial charge in [-0.1, -0.05) is 30.3 Å². The normalized spacial score (nSPS) is 10.9. The summed E-state index contributed by atoms with van der Waals surface area (Å²) >= 11 is 0. The number of carbonyl (C=O) groups is 1. The maximum atomic E-state index is 13.9. The molecule has 0 aliphatic rings. The highest BCUT2D eigenvalue weighted by atomic mass is 19.1. The Morgan fingerprint density at radius 2 is 1.68 bits per heavy atom. The second-order valence-electron chi connectivity index (χ2n) is 5.76. The molecule has 0 unspecified atom stereocenters. The molecule has 2 aromatic rings. The number of carbonyl (C=O) groups excluding carboxylic acids is 1. The van der Waals surface area contributed by atoms with Gasteiger partial charge in [0.15, 0.2) is 0 Å². The average Bonchev–Trinajstić information content (AvgIpc) is 2.59. The van der Waals surface area contributed by atoms with Crippen molar-refractivity contribution in [1.82, 2.24) is 4.90 Å². The van der Waals surface area contributed by atoms with Gasteiger partial charge >= 0.3 is 0 Å². The Bertz CT molecular complexity index is 695. The molecule has 1 amide bonds. The molecule has 2 aromatic carbocycles. The lowest BCUT2D eigenvalue weighted by atomic mass is 10.2. The van der Waals surface area contributed by atoms with Crippen molar-refractivity contribution in [3.05, 3.63) is 65.7 Å². The minimum atomic E-state index is -0.503. The third-order valence-electron chi connectivity index (χ3n) is 3.75. The Morgan fingerprint density at radius 1 is 1.00 bits per heavy atom. The summed E-state index contributed by atoms with van der Waals surface area (Å²) in [7, 11) is 0. The molecule has 0 atom stereocenters. The molecule has 134 valence electrons. The SMILES string of the molecule is O=C(CN(CCCCO)Cc1ccccc1F)Nc1ccccc1F. The van der Waals surface area contributed by atoms with Gasteiger partial charge < -0.3 is 10.4 Å². The first-order valence-corrected chi connectivity index (χ1v) is 8.21. The summed E-state index contributed by atoms with van der Waals surface area (Å²) in [6.45, 7) is 0.867. The van der Waals surface area contributed by atoms with Gasteiger partial charge in [0.2, 0.25) is 5.91 Å². The molecule has 2 N–H and O–H groups in total. The lowest BCUT2D eigenvalue weighted by Crippen LogP contribution is -2.34. The van der Waals surface area contributed by atoms with Gasteiger partial charge in [0, 0.05) is 18.7 Å². The zero-order chi connectivity index (χ0) is 18.1. The summed E-state index contributed by atoms with van der Waals surface area (Å²) in [4.78, 5) is 14.0. The highest BCUT2D eigenvalue weighted by Gasteiger charge is 2.14. The monoisotopic (exact) mass is 348 g/mol. The lowest BCUT2D eigenvalue weighted by Gasteiger charge is -2.22. The number of anilines is 1. The molecule has 0 aromatic heterocycles. The zero-order valence-electron chi connectivity index (χ0n) is 13.9. The number of hydrogen-bond donors (Lipinski definition) is 2. The van der Waals surface area contributed by atoms with Crippen molar-refractivity contribution < 1.29 is 18.7 Å². The van der Waals surface area contributed by atoms with E-state index in [4.69, 9.17) is 5.11 Å². The predicted octanol–water partition coefficient (Wildman–Crippen LogP) is 3.18. The number of nitrogens with one attached hydrogen (secondary N) is 1. The summed E-state index contributed by atoms with van der Waals surface area (Å²) in [6.07, 6.45) is 1.28. The lowest BCUT2D eigenvalue weighted by molar-refractivity contribution is -0.117. The second-order valence-corrected chi connectivity index (χ2v) is 5.76. The second kappa shape index (κ2) is 9.86. The van der Waals surface area contributed by atoms with Gasteiger partial charge in [0.05, 0.1) is 12.2 Å². The van der Waals surface area contributed by atoms with Gasteiger partial charge in [-0.2, -0.15) is 0 Å². The van der Waals surface area contributed by atoms with Crippen LogP contribution in [0.4, 0.5) is 14.5 Å². The van der Waals surface area contributed by atoms with E-state index in [9.17, 15) is 13.6 Å². The summed E-state index contributed by atoms with van der Waals surface area (Å²) in [6, 6.07) is 12.3. The first-order valence-electron chi connectivity index (χ1n) is 8.21. The number of benzene rings is 2. The molecule has 0 bridgehead atoms. The molecule has 2 rings (SSSR count). The first-order chi connectivity index (χ1) is 12.1. The number of aliphatic hydroxyl groups excluding tert-OH is 1. The van der Waals surface area contributed by atoms with E-state index in [-0.39, 0.29) is 37.1 Å². The van der Waals surface area contributed by atoms with Gasteiger partial charge in [-0.25, -0.2) is 8.78 Å².